The third-order valence-corrected chi connectivity index (χ3v) is 3.23. The molecule has 0 unspecified atom stereocenters. The second-order valence-electron chi connectivity index (χ2n) is 4.23. The average molecular weight is 311 g/mol. The Balaban J connectivity index is 2.40. The van der Waals surface area contributed by atoms with Crippen LogP contribution in [0.4, 0.5) is 4.39 Å². The fraction of sp³-hybridized carbons (Fsp3) is 0.214. The van der Waals surface area contributed by atoms with Crippen molar-refractivity contribution in [2.24, 2.45) is 0 Å². The number of furan rings is 1. The molecule has 0 radical (unpaired) electrons. The number of aryl methyl sites for hydroxylation is 1. The molecule has 4 heteroatoms. The van der Waals surface area contributed by atoms with E-state index in [0.717, 1.165) is 5.56 Å². The summed E-state index contributed by atoms with van der Waals surface area (Å²) < 4.78 is 19.5. The van der Waals surface area contributed by atoms with Gasteiger partial charge in [-0.05, 0) is 59.6 Å². The standard InChI is InChI=1S/C14H12BrFO2/c1-8-5-12(15)13(16)7-11(8)14-4-3-10(18-14)6-9(2)17/h3-5,7H,6H2,1-2H3. The van der Waals surface area contributed by atoms with E-state index in [4.69, 9.17) is 4.42 Å². The number of carbonyl (C=O) groups is 1. The van der Waals surface area contributed by atoms with E-state index in [1.807, 2.05) is 6.92 Å². The number of halogens is 2. The maximum Gasteiger partial charge on any atom is 0.138 e. The van der Waals surface area contributed by atoms with Gasteiger partial charge in [0.25, 0.3) is 0 Å². The maximum absolute atomic E-state index is 13.5. The van der Waals surface area contributed by atoms with E-state index < -0.39 is 0 Å². The number of ketones is 1. The molecule has 0 aliphatic carbocycles. The Kier molecular flexibility index (Phi) is 3.66. The highest BCUT2D eigenvalue weighted by Crippen LogP contribution is 2.29. The Morgan fingerprint density at radius 3 is 2.78 bits per heavy atom. The van der Waals surface area contributed by atoms with Gasteiger partial charge in [0.15, 0.2) is 0 Å². The first-order chi connectivity index (χ1) is 8.47. The molecule has 2 aromatic rings. The molecular weight excluding hydrogens is 299 g/mol. The smallest absolute Gasteiger partial charge is 0.138 e. The van der Waals surface area contributed by atoms with Crippen LogP contribution in [0.25, 0.3) is 11.3 Å². The van der Waals surface area contributed by atoms with Crippen LogP contribution in [0.2, 0.25) is 0 Å². The average Bonchev–Trinajstić information content (AvgIpc) is 2.70. The molecule has 0 amide bonds. The number of rotatable bonds is 3. The molecule has 0 atom stereocenters. The van der Waals surface area contributed by atoms with Gasteiger partial charge >= 0.3 is 0 Å². The summed E-state index contributed by atoms with van der Waals surface area (Å²) in [6.45, 7) is 3.39. The van der Waals surface area contributed by atoms with Gasteiger partial charge in [0.2, 0.25) is 0 Å². The van der Waals surface area contributed by atoms with Crippen LogP contribution >= 0.6 is 15.9 Å². The predicted octanol–water partition coefficient (Wildman–Crippen LogP) is 4.29. The summed E-state index contributed by atoms with van der Waals surface area (Å²) in [4.78, 5) is 11.0. The lowest BCUT2D eigenvalue weighted by atomic mass is 10.1. The van der Waals surface area contributed by atoms with Crippen LogP contribution < -0.4 is 0 Å². The first kappa shape index (κ1) is 13.0. The second-order valence-corrected chi connectivity index (χ2v) is 5.08. The molecule has 1 aromatic heterocycles. The molecule has 2 nitrogen and oxygen atoms in total. The summed E-state index contributed by atoms with van der Waals surface area (Å²) >= 11 is 3.14. The Labute approximate surface area is 113 Å². The molecule has 0 saturated carbocycles. The summed E-state index contributed by atoms with van der Waals surface area (Å²) in [6, 6.07) is 6.64. The van der Waals surface area contributed by atoms with Crippen LogP contribution in [-0.4, -0.2) is 5.78 Å². The molecule has 1 aromatic carbocycles. The zero-order chi connectivity index (χ0) is 13.3. The molecule has 0 N–H and O–H groups in total. The number of hydrogen-bond donors (Lipinski definition) is 0. The minimum Gasteiger partial charge on any atom is -0.461 e. The van der Waals surface area contributed by atoms with E-state index in [2.05, 4.69) is 15.9 Å². The van der Waals surface area contributed by atoms with Crippen LogP contribution in [0.3, 0.4) is 0 Å². The van der Waals surface area contributed by atoms with Crippen molar-refractivity contribution in [3.05, 3.63) is 45.9 Å². The van der Waals surface area contributed by atoms with Crippen LogP contribution in [0.5, 0.6) is 0 Å². The number of Topliss-reactive ketones (excluding diaryl/α,β-unsaturated/α-hetero) is 1. The Hall–Kier alpha value is -1.42. The van der Waals surface area contributed by atoms with Gasteiger partial charge in [0, 0.05) is 5.56 Å². The van der Waals surface area contributed by atoms with Gasteiger partial charge in [0.05, 0.1) is 10.9 Å². The molecule has 0 saturated heterocycles. The van der Waals surface area contributed by atoms with Gasteiger partial charge in [0.1, 0.15) is 23.1 Å². The molecule has 0 spiro atoms. The Morgan fingerprint density at radius 1 is 1.39 bits per heavy atom. The van der Waals surface area contributed by atoms with E-state index in [1.54, 1.807) is 18.2 Å². The SMILES string of the molecule is CC(=O)Cc1ccc(-c2cc(F)c(Br)cc2C)o1. The van der Waals surface area contributed by atoms with E-state index in [0.29, 0.717) is 21.6 Å². The van der Waals surface area contributed by atoms with Crippen LogP contribution in [-0.2, 0) is 11.2 Å². The number of hydrogen-bond acceptors (Lipinski definition) is 2. The molecule has 1 heterocycles. The molecule has 0 aliphatic rings. The summed E-state index contributed by atoms with van der Waals surface area (Å²) in [5, 5.41) is 0. The number of benzene rings is 1. The monoisotopic (exact) mass is 310 g/mol. The van der Waals surface area contributed by atoms with Crippen LogP contribution in [0.1, 0.15) is 18.2 Å². The Morgan fingerprint density at radius 2 is 2.11 bits per heavy atom. The Bertz CT molecular complexity index is 602. The maximum atomic E-state index is 13.5. The van der Waals surface area contributed by atoms with Crippen molar-refractivity contribution < 1.29 is 13.6 Å². The third-order valence-electron chi connectivity index (χ3n) is 2.62. The van der Waals surface area contributed by atoms with Gasteiger partial charge in [-0.1, -0.05) is 0 Å². The van der Waals surface area contributed by atoms with Crippen molar-refractivity contribution in [1.82, 2.24) is 0 Å². The minimum absolute atomic E-state index is 0.0367. The van der Waals surface area contributed by atoms with Gasteiger partial charge in [-0.2, -0.15) is 0 Å². The minimum atomic E-state index is -0.333. The fourth-order valence-electron chi connectivity index (χ4n) is 1.77. The summed E-state index contributed by atoms with van der Waals surface area (Å²) in [7, 11) is 0. The molecular formula is C14H12BrFO2. The van der Waals surface area contributed by atoms with Gasteiger partial charge in [-0.15, -0.1) is 0 Å². The second kappa shape index (κ2) is 5.06. The third kappa shape index (κ3) is 2.70. The highest BCUT2D eigenvalue weighted by Gasteiger charge is 2.11. The summed E-state index contributed by atoms with van der Waals surface area (Å²) in [6.07, 6.45) is 0.262. The topological polar surface area (TPSA) is 30.2 Å². The van der Waals surface area contributed by atoms with E-state index in [-0.39, 0.29) is 18.0 Å². The highest BCUT2D eigenvalue weighted by molar-refractivity contribution is 9.10. The molecule has 18 heavy (non-hydrogen) atoms. The lowest BCUT2D eigenvalue weighted by Crippen LogP contribution is -1.93. The lowest BCUT2D eigenvalue weighted by Gasteiger charge is -2.04. The zero-order valence-corrected chi connectivity index (χ0v) is 11.7. The summed E-state index contributed by atoms with van der Waals surface area (Å²) in [5.41, 5.74) is 1.61. The number of carbonyl (C=O) groups excluding carboxylic acids is 1. The molecule has 2 rings (SSSR count). The van der Waals surface area contributed by atoms with Gasteiger partial charge < -0.3 is 4.42 Å². The molecule has 0 bridgehead atoms. The van der Waals surface area contributed by atoms with Crippen molar-refractivity contribution in [2.45, 2.75) is 20.3 Å². The molecule has 0 aliphatic heterocycles. The zero-order valence-electron chi connectivity index (χ0n) is 10.1. The molecule has 94 valence electrons. The van der Waals surface area contributed by atoms with Gasteiger partial charge in [-0.3, -0.25) is 4.79 Å². The first-order valence-corrected chi connectivity index (χ1v) is 6.31. The van der Waals surface area contributed by atoms with E-state index in [9.17, 15) is 9.18 Å². The normalized spacial score (nSPS) is 10.7. The van der Waals surface area contributed by atoms with Crippen molar-refractivity contribution in [3.8, 4) is 11.3 Å². The van der Waals surface area contributed by atoms with Crippen molar-refractivity contribution in [1.29, 1.82) is 0 Å². The first-order valence-electron chi connectivity index (χ1n) is 5.51. The largest absolute Gasteiger partial charge is 0.461 e. The quantitative estimate of drug-likeness (QED) is 0.846. The fourth-order valence-corrected chi connectivity index (χ4v) is 2.23. The van der Waals surface area contributed by atoms with Crippen LogP contribution in [0, 0.1) is 12.7 Å². The summed E-state index contributed by atoms with van der Waals surface area (Å²) in [5.74, 6) is 0.880. The van der Waals surface area contributed by atoms with Crippen molar-refractivity contribution >= 4 is 21.7 Å². The van der Waals surface area contributed by atoms with Crippen molar-refractivity contribution in [3.63, 3.8) is 0 Å². The lowest BCUT2D eigenvalue weighted by molar-refractivity contribution is -0.116. The van der Waals surface area contributed by atoms with Crippen molar-refractivity contribution in [2.75, 3.05) is 0 Å². The van der Waals surface area contributed by atoms with E-state index in [1.165, 1.54) is 13.0 Å². The predicted molar refractivity (Wildman–Crippen MR) is 70.9 cm³/mol. The molecule has 0 fully saturated rings. The van der Waals surface area contributed by atoms with Crippen LogP contribution in [0.15, 0.2) is 33.2 Å². The van der Waals surface area contributed by atoms with E-state index >= 15 is 0 Å². The highest BCUT2D eigenvalue weighted by atomic mass is 79.9. The van der Waals surface area contributed by atoms with Gasteiger partial charge in [-0.25, -0.2) is 4.39 Å².